The van der Waals surface area contributed by atoms with E-state index in [2.05, 4.69) is 19.9 Å². The Bertz CT molecular complexity index is 1070. The number of aromatic nitrogens is 2. The number of ether oxygens (including phenoxy) is 1. The SMILES string of the molecule is COC(=O)Nc1ccc(S(=O)(=O)NC[C@H](c2cccs2)n2nc(C)cc2C)cc1. The number of sulfonamides is 1. The minimum Gasteiger partial charge on any atom is -0.453 e. The van der Waals surface area contributed by atoms with Crippen LogP contribution in [0.15, 0.2) is 52.7 Å². The van der Waals surface area contributed by atoms with Gasteiger partial charge in [-0.2, -0.15) is 5.10 Å². The van der Waals surface area contributed by atoms with Gasteiger partial charge in [0, 0.05) is 22.8 Å². The van der Waals surface area contributed by atoms with E-state index in [4.69, 9.17) is 0 Å². The molecule has 3 aromatic rings. The summed E-state index contributed by atoms with van der Waals surface area (Å²) in [7, 11) is -2.49. The molecule has 1 aromatic carbocycles. The number of amides is 1. The highest BCUT2D eigenvalue weighted by Crippen LogP contribution is 2.25. The van der Waals surface area contributed by atoms with Crippen LogP contribution in [0.3, 0.4) is 0 Å². The first-order chi connectivity index (χ1) is 13.8. The monoisotopic (exact) mass is 434 g/mol. The highest BCUT2D eigenvalue weighted by atomic mass is 32.2. The fourth-order valence-electron chi connectivity index (χ4n) is 2.91. The molecule has 2 heterocycles. The molecule has 29 heavy (non-hydrogen) atoms. The largest absolute Gasteiger partial charge is 0.453 e. The first-order valence-corrected chi connectivity index (χ1v) is 11.2. The summed E-state index contributed by atoms with van der Waals surface area (Å²) in [5.41, 5.74) is 2.27. The lowest BCUT2D eigenvalue weighted by Gasteiger charge is -2.19. The van der Waals surface area contributed by atoms with Crippen molar-refractivity contribution in [2.24, 2.45) is 0 Å². The highest BCUT2D eigenvalue weighted by Gasteiger charge is 2.22. The van der Waals surface area contributed by atoms with Crippen LogP contribution in [0.1, 0.15) is 22.3 Å². The van der Waals surface area contributed by atoms with Gasteiger partial charge in [0.2, 0.25) is 10.0 Å². The van der Waals surface area contributed by atoms with E-state index in [1.807, 2.05) is 42.1 Å². The molecule has 1 amide bonds. The summed E-state index contributed by atoms with van der Waals surface area (Å²) >= 11 is 1.55. The van der Waals surface area contributed by atoms with Gasteiger partial charge in [-0.1, -0.05) is 6.07 Å². The van der Waals surface area contributed by atoms with Crippen LogP contribution in [-0.4, -0.2) is 37.9 Å². The van der Waals surface area contributed by atoms with Crippen molar-refractivity contribution in [3.63, 3.8) is 0 Å². The first-order valence-electron chi connectivity index (χ1n) is 8.81. The Morgan fingerprint density at radius 3 is 2.52 bits per heavy atom. The number of carbonyl (C=O) groups is 1. The van der Waals surface area contributed by atoms with Crippen molar-refractivity contribution in [1.29, 1.82) is 0 Å². The number of rotatable bonds is 7. The van der Waals surface area contributed by atoms with Gasteiger partial charge in [-0.3, -0.25) is 10.00 Å². The summed E-state index contributed by atoms with van der Waals surface area (Å²) in [6.45, 7) is 4.01. The third-order valence-electron chi connectivity index (χ3n) is 4.27. The molecule has 0 fully saturated rings. The summed E-state index contributed by atoms with van der Waals surface area (Å²) in [5.74, 6) is 0. The summed E-state index contributed by atoms with van der Waals surface area (Å²) < 4.78 is 34.6. The zero-order valence-corrected chi connectivity index (χ0v) is 17.9. The summed E-state index contributed by atoms with van der Waals surface area (Å²) in [6, 6.07) is 11.5. The topological polar surface area (TPSA) is 102 Å². The Morgan fingerprint density at radius 1 is 1.24 bits per heavy atom. The fourth-order valence-corrected chi connectivity index (χ4v) is 4.76. The molecule has 1 atom stereocenters. The third-order valence-corrected chi connectivity index (χ3v) is 6.69. The quantitative estimate of drug-likeness (QED) is 0.594. The minimum absolute atomic E-state index is 0.103. The first kappa shape index (κ1) is 21.0. The molecule has 10 heteroatoms. The predicted molar refractivity (Wildman–Crippen MR) is 112 cm³/mol. The van der Waals surface area contributed by atoms with Gasteiger partial charge >= 0.3 is 6.09 Å². The van der Waals surface area contributed by atoms with E-state index in [0.29, 0.717) is 5.69 Å². The Morgan fingerprint density at radius 2 is 1.97 bits per heavy atom. The average Bonchev–Trinajstić information content (AvgIpc) is 3.32. The zero-order valence-electron chi connectivity index (χ0n) is 16.2. The number of nitrogens with one attached hydrogen (secondary N) is 2. The smallest absolute Gasteiger partial charge is 0.411 e. The van der Waals surface area contributed by atoms with Crippen LogP contribution in [0, 0.1) is 13.8 Å². The maximum atomic E-state index is 12.8. The van der Waals surface area contributed by atoms with Crippen LogP contribution >= 0.6 is 11.3 Å². The van der Waals surface area contributed by atoms with E-state index in [1.165, 1.54) is 31.4 Å². The molecule has 0 saturated carbocycles. The Balaban J connectivity index is 1.78. The van der Waals surface area contributed by atoms with Gasteiger partial charge in [0.25, 0.3) is 0 Å². The molecule has 0 aliphatic carbocycles. The van der Waals surface area contributed by atoms with Crippen molar-refractivity contribution in [2.45, 2.75) is 24.8 Å². The van der Waals surface area contributed by atoms with Crippen LogP contribution in [0.4, 0.5) is 10.5 Å². The number of hydrogen-bond acceptors (Lipinski definition) is 6. The summed E-state index contributed by atoms with van der Waals surface area (Å²) in [4.78, 5) is 12.4. The van der Waals surface area contributed by atoms with Gasteiger partial charge in [-0.15, -0.1) is 11.3 Å². The lowest BCUT2D eigenvalue weighted by Crippen LogP contribution is -2.32. The van der Waals surface area contributed by atoms with Crippen molar-refractivity contribution in [1.82, 2.24) is 14.5 Å². The van der Waals surface area contributed by atoms with Crippen LogP contribution in [0.25, 0.3) is 0 Å². The maximum Gasteiger partial charge on any atom is 0.411 e. The number of nitrogens with zero attached hydrogens (tertiary/aromatic N) is 2. The lowest BCUT2D eigenvalue weighted by atomic mass is 10.2. The Kier molecular flexibility index (Phi) is 6.36. The minimum atomic E-state index is -3.74. The molecular weight excluding hydrogens is 412 g/mol. The molecule has 154 valence electrons. The third kappa shape index (κ3) is 5.03. The van der Waals surface area contributed by atoms with Gasteiger partial charge in [-0.05, 0) is 55.6 Å². The van der Waals surface area contributed by atoms with Crippen molar-refractivity contribution in [3.05, 3.63) is 64.1 Å². The number of anilines is 1. The highest BCUT2D eigenvalue weighted by molar-refractivity contribution is 7.89. The van der Waals surface area contributed by atoms with Crippen molar-refractivity contribution >= 4 is 33.1 Å². The van der Waals surface area contributed by atoms with E-state index in [-0.39, 0.29) is 17.5 Å². The molecule has 0 aliphatic heterocycles. The predicted octanol–water partition coefficient (Wildman–Crippen LogP) is 3.31. The van der Waals surface area contributed by atoms with Gasteiger partial charge in [0.05, 0.1) is 23.7 Å². The summed E-state index contributed by atoms with van der Waals surface area (Å²) in [6.07, 6.45) is -0.623. The molecule has 2 aromatic heterocycles. The van der Waals surface area contributed by atoms with Crippen molar-refractivity contribution in [3.8, 4) is 0 Å². The van der Waals surface area contributed by atoms with Crippen LogP contribution in [0.2, 0.25) is 0 Å². The molecule has 3 rings (SSSR count). The van der Waals surface area contributed by atoms with Gasteiger partial charge < -0.3 is 4.74 Å². The molecule has 0 radical (unpaired) electrons. The number of carbonyl (C=O) groups excluding carboxylic acids is 1. The van der Waals surface area contributed by atoms with Crippen LogP contribution in [0.5, 0.6) is 0 Å². The van der Waals surface area contributed by atoms with E-state index < -0.39 is 16.1 Å². The number of benzene rings is 1. The molecule has 0 aliphatic rings. The Hall–Kier alpha value is -2.69. The number of thiophene rings is 1. The van der Waals surface area contributed by atoms with E-state index in [1.54, 1.807) is 11.3 Å². The van der Waals surface area contributed by atoms with Gasteiger partial charge in [0.15, 0.2) is 0 Å². The maximum absolute atomic E-state index is 12.8. The van der Waals surface area contributed by atoms with Gasteiger partial charge in [0.1, 0.15) is 0 Å². The molecule has 0 bridgehead atoms. The standard InChI is InChI=1S/C19H22N4O4S2/c1-13-11-14(2)23(22-13)17(18-5-4-10-28-18)12-20-29(25,26)16-8-6-15(7-9-16)21-19(24)27-3/h4-11,17,20H,12H2,1-3H3,(H,21,24)/t17-/m1/s1. The molecule has 2 N–H and O–H groups in total. The van der Waals surface area contributed by atoms with E-state index in [9.17, 15) is 13.2 Å². The number of aryl methyl sites for hydroxylation is 2. The second-order valence-electron chi connectivity index (χ2n) is 6.40. The second-order valence-corrected chi connectivity index (χ2v) is 9.14. The number of hydrogen-bond donors (Lipinski definition) is 2. The van der Waals surface area contributed by atoms with Crippen molar-refractivity contribution < 1.29 is 17.9 Å². The second kappa shape index (κ2) is 8.76. The normalized spacial score (nSPS) is 12.5. The van der Waals surface area contributed by atoms with E-state index in [0.717, 1.165) is 16.3 Å². The molecule has 0 saturated heterocycles. The zero-order chi connectivity index (χ0) is 21.0. The molecule has 0 spiro atoms. The summed E-state index contributed by atoms with van der Waals surface area (Å²) in [5, 5.41) is 8.96. The molecular formula is C19H22N4O4S2. The molecule has 0 unspecified atom stereocenters. The van der Waals surface area contributed by atoms with Crippen molar-refractivity contribution in [2.75, 3.05) is 19.0 Å². The van der Waals surface area contributed by atoms with Crippen LogP contribution in [-0.2, 0) is 14.8 Å². The number of methoxy groups -OCH3 is 1. The van der Waals surface area contributed by atoms with Crippen LogP contribution < -0.4 is 10.0 Å². The van der Waals surface area contributed by atoms with Gasteiger partial charge in [-0.25, -0.2) is 17.9 Å². The fraction of sp³-hybridized carbons (Fsp3) is 0.263. The molecule has 8 nitrogen and oxygen atoms in total. The average molecular weight is 435 g/mol. The lowest BCUT2D eigenvalue weighted by molar-refractivity contribution is 0.187. The Labute approximate surface area is 173 Å². The van der Waals surface area contributed by atoms with E-state index >= 15 is 0 Å².